The number of halogens is 1. The number of carbonyl (C=O) groups excluding carboxylic acids is 1. The molecule has 1 unspecified atom stereocenters. The molecule has 0 aliphatic carbocycles. The SMILES string of the molecule is Cc1ccc(CC(=O)N2CCC(F)(C(=O)O)C2)cc1. The lowest BCUT2D eigenvalue weighted by atomic mass is 10.1. The van der Waals surface area contributed by atoms with Gasteiger partial charge in [-0.1, -0.05) is 29.8 Å². The molecule has 1 heterocycles. The van der Waals surface area contributed by atoms with Crippen LogP contribution in [-0.2, 0) is 16.0 Å². The average molecular weight is 265 g/mol. The normalized spacial score (nSPS) is 22.5. The number of carboxylic acids is 1. The highest BCUT2D eigenvalue weighted by molar-refractivity contribution is 5.83. The van der Waals surface area contributed by atoms with Gasteiger partial charge in [-0.25, -0.2) is 9.18 Å². The van der Waals surface area contributed by atoms with E-state index in [1.807, 2.05) is 31.2 Å². The van der Waals surface area contributed by atoms with E-state index in [9.17, 15) is 14.0 Å². The molecule has 1 aromatic carbocycles. The van der Waals surface area contributed by atoms with E-state index in [0.717, 1.165) is 11.1 Å². The van der Waals surface area contributed by atoms with Crippen molar-refractivity contribution in [3.05, 3.63) is 35.4 Å². The largest absolute Gasteiger partial charge is 0.479 e. The van der Waals surface area contributed by atoms with Gasteiger partial charge in [0.2, 0.25) is 11.6 Å². The first-order valence-electron chi connectivity index (χ1n) is 6.16. The Balaban J connectivity index is 1.98. The van der Waals surface area contributed by atoms with Crippen LogP contribution < -0.4 is 0 Å². The smallest absolute Gasteiger partial charge is 0.343 e. The van der Waals surface area contributed by atoms with Crippen LogP contribution in [0.15, 0.2) is 24.3 Å². The van der Waals surface area contributed by atoms with E-state index >= 15 is 0 Å². The number of aliphatic carboxylic acids is 1. The number of carboxylic acid groups (broad SMARTS) is 1. The third kappa shape index (κ3) is 2.92. The van der Waals surface area contributed by atoms with E-state index in [2.05, 4.69) is 0 Å². The molecule has 0 radical (unpaired) electrons. The number of benzene rings is 1. The van der Waals surface area contributed by atoms with Crippen molar-refractivity contribution in [1.82, 2.24) is 4.90 Å². The Labute approximate surface area is 110 Å². The minimum absolute atomic E-state index is 0.137. The molecule has 2 rings (SSSR count). The lowest BCUT2D eigenvalue weighted by Crippen LogP contribution is -2.39. The first kappa shape index (κ1) is 13.5. The first-order chi connectivity index (χ1) is 8.90. The molecule has 1 saturated heterocycles. The van der Waals surface area contributed by atoms with Gasteiger partial charge in [-0.05, 0) is 12.5 Å². The molecule has 19 heavy (non-hydrogen) atoms. The van der Waals surface area contributed by atoms with E-state index in [-0.39, 0.29) is 31.8 Å². The summed E-state index contributed by atoms with van der Waals surface area (Å²) in [7, 11) is 0. The molecule has 0 saturated carbocycles. The number of amides is 1. The summed E-state index contributed by atoms with van der Waals surface area (Å²) in [5.41, 5.74) is -0.337. The van der Waals surface area contributed by atoms with Crippen molar-refractivity contribution in [1.29, 1.82) is 0 Å². The number of hydrogen-bond acceptors (Lipinski definition) is 2. The van der Waals surface area contributed by atoms with Gasteiger partial charge in [0.1, 0.15) is 0 Å². The number of carbonyl (C=O) groups is 2. The van der Waals surface area contributed by atoms with Crippen LogP contribution in [0.4, 0.5) is 4.39 Å². The molecule has 1 aromatic rings. The summed E-state index contributed by atoms with van der Waals surface area (Å²) in [6.07, 6.45) is 0.0396. The molecule has 1 amide bonds. The van der Waals surface area contributed by atoms with Crippen molar-refractivity contribution >= 4 is 11.9 Å². The number of aryl methyl sites for hydroxylation is 1. The molecular formula is C14H16FNO3. The van der Waals surface area contributed by atoms with Gasteiger partial charge in [-0.2, -0.15) is 0 Å². The molecule has 0 bridgehead atoms. The second-order valence-corrected chi connectivity index (χ2v) is 5.00. The van der Waals surface area contributed by atoms with Gasteiger partial charge in [0.05, 0.1) is 13.0 Å². The molecule has 1 atom stereocenters. The fourth-order valence-electron chi connectivity index (χ4n) is 2.15. The third-order valence-corrected chi connectivity index (χ3v) is 3.43. The molecule has 4 nitrogen and oxygen atoms in total. The Morgan fingerprint density at radius 1 is 1.37 bits per heavy atom. The predicted molar refractivity (Wildman–Crippen MR) is 67.6 cm³/mol. The van der Waals surface area contributed by atoms with Crippen LogP contribution in [0.3, 0.4) is 0 Å². The van der Waals surface area contributed by atoms with E-state index in [4.69, 9.17) is 5.11 Å². The molecule has 1 fully saturated rings. The van der Waals surface area contributed by atoms with Crippen LogP contribution in [-0.4, -0.2) is 40.6 Å². The van der Waals surface area contributed by atoms with Crippen LogP contribution >= 0.6 is 0 Å². The number of rotatable bonds is 3. The van der Waals surface area contributed by atoms with Crippen LogP contribution in [0, 0.1) is 6.92 Å². The van der Waals surface area contributed by atoms with Gasteiger partial charge in [0.15, 0.2) is 0 Å². The summed E-state index contributed by atoms with van der Waals surface area (Å²) in [6, 6.07) is 7.51. The highest BCUT2D eigenvalue weighted by Crippen LogP contribution is 2.26. The summed E-state index contributed by atoms with van der Waals surface area (Å²) < 4.78 is 13.8. The summed E-state index contributed by atoms with van der Waals surface area (Å²) in [4.78, 5) is 24.0. The topological polar surface area (TPSA) is 57.6 Å². The van der Waals surface area contributed by atoms with Crippen molar-refractivity contribution in [2.45, 2.75) is 25.4 Å². The van der Waals surface area contributed by atoms with Crippen LogP contribution in [0.2, 0.25) is 0 Å². The lowest BCUT2D eigenvalue weighted by Gasteiger charge is -2.17. The number of hydrogen-bond donors (Lipinski definition) is 1. The molecule has 1 N–H and O–H groups in total. The third-order valence-electron chi connectivity index (χ3n) is 3.43. The van der Waals surface area contributed by atoms with E-state index < -0.39 is 11.6 Å². The van der Waals surface area contributed by atoms with Crippen LogP contribution in [0.1, 0.15) is 17.5 Å². The van der Waals surface area contributed by atoms with Crippen LogP contribution in [0.25, 0.3) is 0 Å². The Bertz CT molecular complexity index is 500. The molecule has 102 valence electrons. The highest BCUT2D eigenvalue weighted by Gasteiger charge is 2.46. The maximum absolute atomic E-state index is 13.8. The van der Waals surface area contributed by atoms with Crippen molar-refractivity contribution in [2.24, 2.45) is 0 Å². The van der Waals surface area contributed by atoms with Crippen molar-refractivity contribution < 1.29 is 19.1 Å². The second kappa shape index (κ2) is 4.99. The lowest BCUT2D eigenvalue weighted by molar-refractivity contribution is -0.150. The van der Waals surface area contributed by atoms with Crippen molar-refractivity contribution in [2.75, 3.05) is 13.1 Å². The zero-order valence-electron chi connectivity index (χ0n) is 10.7. The van der Waals surface area contributed by atoms with E-state index in [1.165, 1.54) is 4.90 Å². The maximum atomic E-state index is 13.8. The predicted octanol–water partition coefficient (Wildman–Crippen LogP) is 1.56. The number of likely N-dealkylation sites (tertiary alicyclic amines) is 1. The standard InChI is InChI=1S/C14H16FNO3/c1-10-2-4-11(5-3-10)8-12(17)16-7-6-14(15,9-16)13(18)19/h2-5H,6-9H2,1H3,(H,18,19). The average Bonchev–Trinajstić information content (AvgIpc) is 2.76. The van der Waals surface area contributed by atoms with Gasteiger partial charge in [0.25, 0.3) is 0 Å². The molecule has 1 aliphatic heterocycles. The van der Waals surface area contributed by atoms with Crippen molar-refractivity contribution in [3.63, 3.8) is 0 Å². The van der Waals surface area contributed by atoms with Gasteiger partial charge in [-0.15, -0.1) is 0 Å². The minimum Gasteiger partial charge on any atom is -0.479 e. The Kier molecular flexibility index (Phi) is 3.55. The van der Waals surface area contributed by atoms with E-state index in [1.54, 1.807) is 0 Å². The zero-order valence-corrected chi connectivity index (χ0v) is 10.7. The Morgan fingerprint density at radius 3 is 2.53 bits per heavy atom. The molecule has 0 spiro atoms. The number of nitrogens with zero attached hydrogens (tertiary/aromatic N) is 1. The fourth-order valence-corrected chi connectivity index (χ4v) is 2.15. The van der Waals surface area contributed by atoms with Gasteiger partial charge in [0, 0.05) is 13.0 Å². The van der Waals surface area contributed by atoms with Crippen molar-refractivity contribution in [3.8, 4) is 0 Å². The van der Waals surface area contributed by atoms with Gasteiger partial charge >= 0.3 is 5.97 Å². The molecular weight excluding hydrogens is 249 g/mol. The van der Waals surface area contributed by atoms with Gasteiger partial charge < -0.3 is 10.0 Å². The Hall–Kier alpha value is -1.91. The zero-order chi connectivity index (χ0) is 14.0. The molecule has 5 heteroatoms. The summed E-state index contributed by atoms with van der Waals surface area (Å²) in [5.74, 6) is -1.72. The number of alkyl halides is 1. The monoisotopic (exact) mass is 265 g/mol. The summed E-state index contributed by atoms with van der Waals surface area (Å²) >= 11 is 0. The van der Waals surface area contributed by atoms with Gasteiger partial charge in [-0.3, -0.25) is 4.79 Å². The second-order valence-electron chi connectivity index (χ2n) is 5.00. The summed E-state index contributed by atoms with van der Waals surface area (Å²) in [5, 5.41) is 8.78. The molecule has 0 aromatic heterocycles. The highest BCUT2D eigenvalue weighted by atomic mass is 19.1. The fraction of sp³-hybridized carbons (Fsp3) is 0.429. The van der Waals surface area contributed by atoms with E-state index in [0.29, 0.717) is 0 Å². The minimum atomic E-state index is -2.29. The maximum Gasteiger partial charge on any atom is 0.343 e. The summed E-state index contributed by atoms with van der Waals surface area (Å²) in [6.45, 7) is 1.76. The quantitative estimate of drug-likeness (QED) is 0.902. The van der Waals surface area contributed by atoms with Crippen LogP contribution in [0.5, 0.6) is 0 Å². The first-order valence-corrected chi connectivity index (χ1v) is 6.16. The molecule has 1 aliphatic rings. The Morgan fingerprint density at radius 2 is 2.00 bits per heavy atom.